The number of carbonyl (C=O) groups is 1. The van der Waals surface area contributed by atoms with E-state index in [1.165, 1.54) is 0 Å². The fourth-order valence-electron chi connectivity index (χ4n) is 4.02. The molecule has 0 bridgehead atoms. The topological polar surface area (TPSA) is 80.0 Å². The molecule has 1 aliphatic heterocycles. The minimum atomic E-state index is -0.0898. The van der Waals surface area contributed by atoms with E-state index in [-0.39, 0.29) is 12.2 Å². The number of anilines is 1. The average molecular weight is 462 g/mol. The summed E-state index contributed by atoms with van der Waals surface area (Å²) in [7, 11) is 3.97. The summed E-state index contributed by atoms with van der Waals surface area (Å²) in [5.41, 5.74) is 3.67. The van der Waals surface area contributed by atoms with E-state index in [0.29, 0.717) is 22.1 Å². The van der Waals surface area contributed by atoms with E-state index >= 15 is 0 Å². The molecule has 33 heavy (non-hydrogen) atoms. The van der Waals surface area contributed by atoms with Crippen molar-refractivity contribution in [2.24, 2.45) is 7.05 Å². The van der Waals surface area contributed by atoms with Gasteiger partial charge in [-0.3, -0.25) is 14.5 Å². The summed E-state index contributed by atoms with van der Waals surface area (Å²) in [6.07, 6.45) is 7.25. The van der Waals surface area contributed by atoms with Crippen LogP contribution < -0.4 is 4.90 Å². The third-order valence-electron chi connectivity index (χ3n) is 5.95. The molecular formula is C24H24ClN7O. The predicted molar refractivity (Wildman–Crippen MR) is 129 cm³/mol. The van der Waals surface area contributed by atoms with Gasteiger partial charge in [0.2, 0.25) is 0 Å². The SMILES string of the molecule is CN1CCN(c2nccc(C(=O)Cc3cc4nc(-c5cnn(C)c5)ccc4cn3)c2Cl)CC1. The Labute approximate surface area is 196 Å². The van der Waals surface area contributed by atoms with E-state index in [0.717, 1.165) is 48.3 Å². The van der Waals surface area contributed by atoms with Gasteiger partial charge >= 0.3 is 0 Å². The van der Waals surface area contributed by atoms with Crippen molar-refractivity contribution in [1.82, 2.24) is 29.6 Å². The van der Waals surface area contributed by atoms with Gasteiger partial charge in [0.1, 0.15) is 5.82 Å². The van der Waals surface area contributed by atoms with Crippen molar-refractivity contribution < 1.29 is 4.79 Å². The van der Waals surface area contributed by atoms with Gasteiger partial charge in [-0.25, -0.2) is 9.97 Å². The summed E-state index contributed by atoms with van der Waals surface area (Å²) in [5.74, 6) is 0.581. The number of nitrogens with zero attached hydrogens (tertiary/aromatic N) is 7. The molecule has 0 N–H and O–H groups in total. The van der Waals surface area contributed by atoms with Crippen LogP contribution >= 0.6 is 11.6 Å². The Morgan fingerprint density at radius 3 is 2.64 bits per heavy atom. The number of ketones is 1. The van der Waals surface area contributed by atoms with Crippen molar-refractivity contribution in [3.8, 4) is 11.3 Å². The smallest absolute Gasteiger partial charge is 0.170 e. The van der Waals surface area contributed by atoms with Crippen molar-refractivity contribution in [2.75, 3.05) is 38.1 Å². The molecule has 5 heterocycles. The molecule has 0 amide bonds. The maximum atomic E-state index is 13.1. The minimum absolute atomic E-state index is 0.0898. The number of likely N-dealkylation sites (N-methyl/N-ethyl adjacent to an activating group) is 1. The summed E-state index contributed by atoms with van der Waals surface area (Å²) in [4.78, 5) is 31.2. The molecular weight excluding hydrogens is 438 g/mol. The van der Waals surface area contributed by atoms with Crippen molar-refractivity contribution >= 4 is 34.1 Å². The molecule has 0 spiro atoms. The first kappa shape index (κ1) is 21.5. The van der Waals surface area contributed by atoms with Crippen LogP contribution in [0.25, 0.3) is 22.2 Å². The van der Waals surface area contributed by atoms with Crippen molar-refractivity contribution in [3.63, 3.8) is 0 Å². The molecule has 9 heteroatoms. The van der Waals surface area contributed by atoms with Gasteiger partial charge in [-0.05, 0) is 31.3 Å². The number of carbonyl (C=O) groups excluding carboxylic acids is 1. The van der Waals surface area contributed by atoms with Crippen molar-refractivity contribution in [3.05, 3.63) is 65.3 Å². The second kappa shape index (κ2) is 8.88. The lowest BCUT2D eigenvalue weighted by molar-refractivity contribution is 0.0992. The van der Waals surface area contributed by atoms with Gasteiger partial charge in [-0.2, -0.15) is 5.10 Å². The zero-order valence-electron chi connectivity index (χ0n) is 18.6. The van der Waals surface area contributed by atoms with Crippen molar-refractivity contribution in [1.29, 1.82) is 0 Å². The minimum Gasteiger partial charge on any atom is -0.353 e. The van der Waals surface area contributed by atoms with Crippen LogP contribution in [-0.2, 0) is 13.5 Å². The first-order valence-corrected chi connectivity index (χ1v) is 11.2. The molecule has 0 saturated carbocycles. The highest BCUT2D eigenvalue weighted by molar-refractivity contribution is 6.36. The highest BCUT2D eigenvalue weighted by Crippen LogP contribution is 2.29. The Morgan fingerprint density at radius 2 is 1.88 bits per heavy atom. The molecule has 1 saturated heterocycles. The lowest BCUT2D eigenvalue weighted by Gasteiger charge is -2.33. The van der Waals surface area contributed by atoms with Crippen LogP contribution in [0, 0.1) is 0 Å². The summed E-state index contributed by atoms with van der Waals surface area (Å²) < 4.78 is 1.74. The van der Waals surface area contributed by atoms with Gasteiger partial charge in [0.25, 0.3) is 0 Å². The van der Waals surface area contributed by atoms with Crippen LogP contribution in [0.4, 0.5) is 5.82 Å². The molecule has 0 atom stereocenters. The van der Waals surface area contributed by atoms with E-state index in [9.17, 15) is 4.79 Å². The van der Waals surface area contributed by atoms with E-state index in [2.05, 4.69) is 31.9 Å². The second-order valence-electron chi connectivity index (χ2n) is 8.35. The first-order chi connectivity index (χ1) is 16.0. The summed E-state index contributed by atoms with van der Waals surface area (Å²) in [6.45, 7) is 3.53. The Balaban J connectivity index is 1.39. The van der Waals surface area contributed by atoms with Gasteiger partial charge in [0.05, 0.1) is 34.5 Å². The van der Waals surface area contributed by atoms with Gasteiger partial charge in [0.15, 0.2) is 5.78 Å². The number of hydrogen-bond donors (Lipinski definition) is 0. The van der Waals surface area contributed by atoms with Gasteiger partial charge in [-0.1, -0.05) is 11.6 Å². The fourth-order valence-corrected chi connectivity index (χ4v) is 4.35. The third-order valence-corrected chi connectivity index (χ3v) is 6.32. The average Bonchev–Trinajstić information content (AvgIpc) is 3.25. The van der Waals surface area contributed by atoms with E-state index < -0.39 is 0 Å². The number of halogens is 1. The van der Waals surface area contributed by atoms with Crippen LogP contribution in [0.15, 0.2) is 49.1 Å². The third kappa shape index (κ3) is 4.44. The normalized spacial score (nSPS) is 14.7. The van der Waals surface area contributed by atoms with Crippen LogP contribution in [0.5, 0.6) is 0 Å². The summed E-state index contributed by atoms with van der Waals surface area (Å²) in [5, 5.41) is 5.53. The van der Waals surface area contributed by atoms with Crippen LogP contribution in [-0.4, -0.2) is 68.6 Å². The highest BCUT2D eigenvalue weighted by atomic mass is 35.5. The summed E-state index contributed by atoms with van der Waals surface area (Å²) in [6, 6.07) is 7.47. The molecule has 0 radical (unpaired) electrons. The van der Waals surface area contributed by atoms with Crippen LogP contribution in [0.1, 0.15) is 16.1 Å². The quantitative estimate of drug-likeness (QED) is 0.422. The standard InChI is InChI=1S/C24H24ClN7O/c1-30-7-9-32(10-8-30)24-23(25)19(5-6-26-24)22(33)12-18-11-21-16(13-27-18)3-4-20(29-21)17-14-28-31(2)15-17/h3-6,11,13-15H,7-10,12H2,1-2H3. The lowest BCUT2D eigenvalue weighted by Crippen LogP contribution is -2.45. The first-order valence-electron chi connectivity index (χ1n) is 10.8. The maximum Gasteiger partial charge on any atom is 0.170 e. The molecule has 168 valence electrons. The number of piperazine rings is 1. The summed E-state index contributed by atoms with van der Waals surface area (Å²) >= 11 is 6.65. The van der Waals surface area contributed by atoms with Crippen LogP contribution in [0.2, 0.25) is 5.02 Å². The molecule has 4 aromatic rings. The Morgan fingerprint density at radius 1 is 1.06 bits per heavy atom. The number of aryl methyl sites for hydroxylation is 1. The van der Waals surface area contributed by atoms with E-state index in [1.807, 2.05) is 31.4 Å². The number of rotatable bonds is 5. The maximum absolute atomic E-state index is 13.1. The number of aromatic nitrogens is 5. The monoisotopic (exact) mass is 461 g/mol. The molecule has 1 fully saturated rings. The lowest BCUT2D eigenvalue weighted by atomic mass is 10.1. The second-order valence-corrected chi connectivity index (χ2v) is 8.73. The Kier molecular flexibility index (Phi) is 5.78. The molecule has 0 unspecified atom stereocenters. The molecule has 0 aromatic carbocycles. The molecule has 1 aliphatic rings. The Hall–Kier alpha value is -3.36. The number of Topliss-reactive ketones (excluding diaryl/α,β-unsaturated/α-hetero) is 1. The number of pyridine rings is 3. The van der Waals surface area contributed by atoms with Crippen molar-refractivity contribution in [2.45, 2.75) is 6.42 Å². The molecule has 0 aliphatic carbocycles. The van der Waals surface area contributed by atoms with Gasteiger partial charge in [-0.15, -0.1) is 0 Å². The van der Waals surface area contributed by atoms with E-state index in [1.54, 1.807) is 29.3 Å². The number of fused-ring (bicyclic) bond motifs is 1. The zero-order valence-corrected chi connectivity index (χ0v) is 19.3. The Bertz CT molecular complexity index is 1330. The molecule has 8 nitrogen and oxygen atoms in total. The highest BCUT2D eigenvalue weighted by Gasteiger charge is 2.22. The van der Waals surface area contributed by atoms with E-state index in [4.69, 9.17) is 16.6 Å². The number of hydrogen-bond acceptors (Lipinski definition) is 7. The largest absolute Gasteiger partial charge is 0.353 e. The molecule has 4 aromatic heterocycles. The fraction of sp³-hybridized carbons (Fsp3) is 0.292. The zero-order chi connectivity index (χ0) is 22.9. The molecule has 5 rings (SSSR count). The van der Waals surface area contributed by atoms with Gasteiger partial charge < -0.3 is 9.80 Å². The van der Waals surface area contributed by atoms with Gasteiger partial charge in [0, 0.05) is 68.3 Å². The van der Waals surface area contributed by atoms with Crippen LogP contribution in [0.3, 0.4) is 0 Å². The predicted octanol–water partition coefficient (Wildman–Crippen LogP) is 3.26.